The third kappa shape index (κ3) is 4.77. The van der Waals surface area contributed by atoms with Crippen LogP contribution >= 0.6 is 0 Å². The van der Waals surface area contributed by atoms with Crippen LogP contribution in [0, 0.1) is 11.8 Å². The smallest absolute Gasteiger partial charge is 0.316 e. The van der Waals surface area contributed by atoms with E-state index in [9.17, 15) is 14.4 Å². The zero-order valence-corrected chi connectivity index (χ0v) is 11.9. The number of ether oxygens (including phenoxy) is 1. The van der Waals surface area contributed by atoms with E-state index in [1.807, 2.05) is 6.92 Å². The van der Waals surface area contributed by atoms with Crippen molar-refractivity contribution in [3.05, 3.63) is 0 Å². The molecule has 1 aliphatic rings. The van der Waals surface area contributed by atoms with Gasteiger partial charge in [-0.05, 0) is 26.2 Å². The molecule has 0 aromatic heterocycles. The summed E-state index contributed by atoms with van der Waals surface area (Å²) in [5.41, 5.74) is 0. The molecule has 19 heavy (non-hydrogen) atoms. The SMILES string of the molecule is CCCC(=O)CC(C(=O)OCC)C(=O)C1CCCC1. The number of carbonyl (C=O) groups excluding carboxylic acids is 3. The second-order valence-corrected chi connectivity index (χ2v) is 5.18. The van der Waals surface area contributed by atoms with Gasteiger partial charge in [-0.15, -0.1) is 0 Å². The highest BCUT2D eigenvalue weighted by atomic mass is 16.5. The van der Waals surface area contributed by atoms with E-state index in [2.05, 4.69) is 0 Å². The Morgan fingerprint density at radius 3 is 2.32 bits per heavy atom. The number of carbonyl (C=O) groups is 3. The third-order valence-electron chi connectivity index (χ3n) is 3.63. The second-order valence-electron chi connectivity index (χ2n) is 5.18. The quantitative estimate of drug-likeness (QED) is 0.501. The van der Waals surface area contributed by atoms with Crippen LogP contribution in [0.2, 0.25) is 0 Å². The van der Waals surface area contributed by atoms with Crippen molar-refractivity contribution in [1.82, 2.24) is 0 Å². The molecule has 1 aliphatic carbocycles. The highest BCUT2D eigenvalue weighted by Crippen LogP contribution is 2.29. The van der Waals surface area contributed by atoms with Gasteiger partial charge in [0.2, 0.25) is 0 Å². The van der Waals surface area contributed by atoms with Gasteiger partial charge >= 0.3 is 5.97 Å². The largest absolute Gasteiger partial charge is 0.465 e. The summed E-state index contributed by atoms with van der Waals surface area (Å²) in [5.74, 6) is -1.55. The molecule has 1 rings (SSSR count). The maximum absolute atomic E-state index is 12.3. The van der Waals surface area contributed by atoms with Crippen LogP contribution in [0.3, 0.4) is 0 Å². The molecule has 0 aromatic carbocycles. The Bertz CT molecular complexity index is 329. The highest BCUT2D eigenvalue weighted by Gasteiger charge is 2.35. The number of ketones is 2. The maximum atomic E-state index is 12.3. The first-order valence-electron chi connectivity index (χ1n) is 7.32. The van der Waals surface area contributed by atoms with Crippen molar-refractivity contribution in [2.75, 3.05) is 6.61 Å². The fourth-order valence-electron chi connectivity index (χ4n) is 2.65. The molecular weight excluding hydrogens is 244 g/mol. The molecule has 1 atom stereocenters. The Morgan fingerprint density at radius 1 is 1.16 bits per heavy atom. The molecule has 1 fully saturated rings. The normalized spacial score (nSPS) is 17.2. The van der Waals surface area contributed by atoms with Gasteiger partial charge in [0.05, 0.1) is 6.61 Å². The molecule has 0 amide bonds. The lowest BCUT2D eigenvalue weighted by Gasteiger charge is -2.17. The van der Waals surface area contributed by atoms with Gasteiger partial charge in [0, 0.05) is 18.8 Å². The lowest BCUT2D eigenvalue weighted by molar-refractivity contribution is -0.154. The Balaban J connectivity index is 2.69. The zero-order chi connectivity index (χ0) is 14.3. The molecule has 0 radical (unpaired) electrons. The molecule has 0 bridgehead atoms. The van der Waals surface area contributed by atoms with Crippen LogP contribution in [-0.4, -0.2) is 24.1 Å². The average Bonchev–Trinajstić information content (AvgIpc) is 2.89. The van der Waals surface area contributed by atoms with E-state index in [0.717, 1.165) is 32.1 Å². The van der Waals surface area contributed by atoms with Crippen LogP contribution in [0.5, 0.6) is 0 Å². The van der Waals surface area contributed by atoms with E-state index in [0.29, 0.717) is 6.42 Å². The molecule has 0 spiro atoms. The van der Waals surface area contributed by atoms with Crippen LogP contribution in [0.4, 0.5) is 0 Å². The number of esters is 1. The van der Waals surface area contributed by atoms with Crippen molar-refractivity contribution in [3.63, 3.8) is 0 Å². The minimum Gasteiger partial charge on any atom is -0.465 e. The second kappa shape index (κ2) is 8.08. The van der Waals surface area contributed by atoms with Crippen LogP contribution in [0.1, 0.15) is 58.8 Å². The van der Waals surface area contributed by atoms with E-state index in [1.54, 1.807) is 6.92 Å². The van der Waals surface area contributed by atoms with Crippen LogP contribution in [-0.2, 0) is 19.1 Å². The fourth-order valence-corrected chi connectivity index (χ4v) is 2.65. The van der Waals surface area contributed by atoms with Crippen molar-refractivity contribution >= 4 is 17.5 Å². The topological polar surface area (TPSA) is 60.4 Å². The molecule has 4 heteroatoms. The van der Waals surface area contributed by atoms with Crippen molar-refractivity contribution in [3.8, 4) is 0 Å². The summed E-state index contributed by atoms with van der Waals surface area (Å²) < 4.78 is 4.95. The lowest BCUT2D eigenvalue weighted by Crippen LogP contribution is -2.32. The van der Waals surface area contributed by atoms with Gasteiger partial charge in [-0.1, -0.05) is 19.8 Å². The summed E-state index contributed by atoms with van der Waals surface area (Å²) in [6.07, 6.45) is 4.94. The zero-order valence-electron chi connectivity index (χ0n) is 11.9. The average molecular weight is 268 g/mol. The first-order valence-corrected chi connectivity index (χ1v) is 7.32. The molecule has 0 heterocycles. The fraction of sp³-hybridized carbons (Fsp3) is 0.800. The van der Waals surface area contributed by atoms with E-state index in [-0.39, 0.29) is 30.5 Å². The van der Waals surface area contributed by atoms with Gasteiger partial charge in [-0.25, -0.2) is 0 Å². The summed E-state index contributed by atoms with van der Waals surface area (Å²) >= 11 is 0. The summed E-state index contributed by atoms with van der Waals surface area (Å²) in [5, 5.41) is 0. The first kappa shape index (κ1) is 15.9. The summed E-state index contributed by atoms with van der Waals surface area (Å²) in [7, 11) is 0. The molecule has 1 saturated carbocycles. The minimum atomic E-state index is -0.873. The van der Waals surface area contributed by atoms with Crippen LogP contribution < -0.4 is 0 Å². The van der Waals surface area contributed by atoms with Gasteiger partial charge in [-0.3, -0.25) is 14.4 Å². The van der Waals surface area contributed by atoms with Crippen LogP contribution in [0.25, 0.3) is 0 Å². The Morgan fingerprint density at radius 2 is 1.79 bits per heavy atom. The third-order valence-corrected chi connectivity index (χ3v) is 3.63. The molecule has 0 N–H and O–H groups in total. The van der Waals surface area contributed by atoms with Gasteiger partial charge in [0.1, 0.15) is 11.7 Å². The van der Waals surface area contributed by atoms with E-state index in [4.69, 9.17) is 4.74 Å². The molecule has 0 aromatic rings. The van der Waals surface area contributed by atoms with Crippen molar-refractivity contribution in [2.45, 2.75) is 58.8 Å². The number of Topliss-reactive ketones (excluding diaryl/α,β-unsaturated/α-hetero) is 2. The number of rotatable bonds is 8. The Hall–Kier alpha value is -1.19. The van der Waals surface area contributed by atoms with E-state index in [1.165, 1.54) is 0 Å². The summed E-state index contributed by atoms with van der Waals surface area (Å²) in [4.78, 5) is 36.0. The lowest BCUT2D eigenvalue weighted by atomic mass is 9.87. The van der Waals surface area contributed by atoms with E-state index >= 15 is 0 Å². The van der Waals surface area contributed by atoms with Gasteiger partial charge in [0.15, 0.2) is 5.78 Å². The van der Waals surface area contributed by atoms with Crippen molar-refractivity contribution < 1.29 is 19.1 Å². The van der Waals surface area contributed by atoms with E-state index < -0.39 is 11.9 Å². The van der Waals surface area contributed by atoms with Gasteiger partial charge < -0.3 is 4.74 Å². The molecule has 0 aliphatic heterocycles. The number of hydrogen-bond acceptors (Lipinski definition) is 4. The first-order chi connectivity index (χ1) is 9.10. The predicted octanol–water partition coefficient (Wildman–Crippen LogP) is 2.68. The molecule has 108 valence electrons. The minimum absolute atomic E-state index is 0.0159. The maximum Gasteiger partial charge on any atom is 0.316 e. The monoisotopic (exact) mass is 268 g/mol. The highest BCUT2D eigenvalue weighted by molar-refractivity contribution is 6.03. The molecule has 1 unspecified atom stereocenters. The molecule has 4 nitrogen and oxygen atoms in total. The van der Waals surface area contributed by atoms with Gasteiger partial charge in [-0.2, -0.15) is 0 Å². The standard InChI is InChI=1S/C15H24O4/c1-3-7-12(16)10-13(15(18)19-4-2)14(17)11-8-5-6-9-11/h11,13H,3-10H2,1-2H3. The Kier molecular flexibility index (Phi) is 6.74. The Labute approximate surface area is 114 Å². The van der Waals surface area contributed by atoms with Gasteiger partial charge in [0.25, 0.3) is 0 Å². The van der Waals surface area contributed by atoms with Crippen molar-refractivity contribution in [1.29, 1.82) is 0 Å². The van der Waals surface area contributed by atoms with Crippen LogP contribution in [0.15, 0.2) is 0 Å². The molecule has 0 saturated heterocycles. The summed E-state index contributed by atoms with van der Waals surface area (Å²) in [6.45, 7) is 3.87. The predicted molar refractivity (Wildman–Crippen MR) is 71.6 cm³/mol. The summed E-state index contributed by atoms with van der Waals surface area (Å²) in [6, 6.07) is 0. The van der Waals surface area contributed by atoms with Crippen molar-refractivity contribution in [2.24, 2.45) is 11.8 Å². The molecular formula is C15H24O4. The number of hydrogen-bond donors (Lipinski definition) is 0.